The van der Waals surface area contributed by atoms with Crippen LogP contribution in [0.1, 0.15) is 35.7 Å². The van der Waals surface area contributed by atoms with Crippen molar-refractivity contribution < 1.29 is 8.42 Å². The lowest BCUT2D eigenvalue weighted by molar-refractivity contribution is 0.315. The zero-order chi connectivity index (χ0) is 12.5. The maximum Gasteiger partial charge on any atom is 0.213 e. The first-order valence-electron chi connectivity index (χ1n) is 5.80. The summed E-state index contributed by atoms with van der Waals surface area (Å²) in [7, 11) is -3.07. The van der Waals surface area contributed by atoms with E-state index in [0.29, 0.717) is 13.1 Å². The minimum atomic E-state index is -3.07. The quantitative estimate of drug-likeness (QED) is 0.836. The molecule has 0 spiro atoms. The number of aromatic nitrogens is 2. The minimum absolute atomic E-state index is 0.175. The molecule has 0 N–H and O–H groups in total. The molecule has 0 saturated carbocycles. The van der Waals surface area contributed by atoms with Crippen LogP contribution in [-0.2, 0) is 10.0 Å². The Bertz CT molecular complexity index is 483. The van der Waals surface area contributed by atoms with Gasteiger partial charge in [0.2, 0.25) is 10.0 Å². The second kappa shape index (κ2) is 4.99. The Morgan fingerprint density at radius 2 is 2.24 bits per heavy atom. The van der Waals surface area contributed by atoms with E-state index in [1.54, 1.807) is 22.6 Å². The van der Waals surface area contributed by atoms with E-state index in [0.717, 1.165) is 22.9 Å². The fraction of sp³-hybridized carbons (Fsp3) is 0.800. The van der Waals surface area contributed by atoms with E-state index < -0.39 is 10.0 Å². The zero-order valence-electron chi connectivity index (χ0n) is 10.1. The molecule has 1 fully saturated rings. The van der Waals surface area contributed by atoms with Crippen molar-refractivity contribution in [3.8, 4) is 0 Å². The predicted molar refractivity (Wildman–Crippen MR) is 67.7 cm³/mol. The zero-order valence-corrected chi connectivity index (χ0v) is 11.7. The Morgan fingerprint density at radius 3 is 2.82 bits per heavy atom. The Balaban J connectivity index is 2.13. The average molecular weight is 275 g/mol. The van der Waals surface area contributed by atoms with Gasteiger partial charge in [-0.05, 0) is 26.7 Å². The van der Waals surface area contributed by atoms with Crippen LogP contribution in [0.2, 0.25) is 0 Å². The van der Waals surface area contributed by atoms with Crippen molar-refractivity contribution in [1.82, 2.24) is 14.5 Å². The third-order valence-electron chi connectivity index (χ3n) is 3.03. The van der Waals surface area contributed by atoms with E-state index in [1.807, 2.05) is 6.92 Å². The highest BCUT2D eigenvalue weighted by molar-refractivity contribution is 7.89. The molecule has 96 valence electrons. The standard InChI is InChI=1S/C10H17N3O2S2/c1-3-17(14,15)13-6-4-5-9(7-13)10-12-11-8(2)16-10/h9H,3-7H2,1-2H3. The summed E-state index contributed by atoms with van der Waals surface area (Å²) in [6.45, 7) is 4.81. The van der Waals surface area contributed by atoms with Crippen LogP contribution >= 0.6 is 11.3 Å². The van der Waals surface area contributed by atoms with E-state index in [1.165, 1.54) is 0 Å². The molecule has 1 aliphatic heterocycles. The molecule has 5 nitrogen and oxygen atoms in total. The van der Waals surface area contributed by atoms with Gasteiger partial charge in [0.15, 0.2) is 0 Å². The van der Waals surface area contributed by atoms with Crippen LogP contribution in [-0.4, -0.2) is 41.8 Å². The fourth-order valence-electron chi connectivity index (χ4n) is 2.06. The molecule has 2 heterocycles. The second-order valence-electron chi connectivity index (χ2n) is 4.26. The molecule has 0 radical (unpaired) electrons. The average Bonchev–Trinajstić information content (AvgIpc) is 2.76. The van der Waals surface area contributed by atoms with Gasteiger partial charge in [-0.1, -0.05) is 0 Å². The molecule has 1 aromatic heterocycles. The third kappa shape index (κ3) is 2.83. The highest BCUT2D eigenvalue weighted by Crippen LogP contribution is 2.29. The van der Waals surface area contributed by atoms with Crippen molar-refractivity contribution in [1.29, 1.82) is 0 Å². The van der Waals surface area contributed by atoms with Gasteiger partial charge in [-0.15, -0.1) is 21.5 Å². The molecule has 7 heteroatoms. The van der Waals surface area contributed by atoms with Gasteiger partial charge < -0.3 is 0 Å². The third-order valence-corrected chi connectivity index (χ3v) is 5.88. The number of nitrogens with zero attached hydrogens (tertiary/aromatic N) is 3. The smallest absolute Gasteiger partial charge is 0.212 e. The van der Waals surface area contributed by atoms with Crippen LogP contribution in [0, 0.1) is 6.92 Å². The summed E-state index contributed by atoms with van der Waals surface area (Å²) in [5.41, 5.74) is 0. The van der Waals surface area contributed by atoms with E-state index in [2.05, 4.69) is 10.2 Å². The summed E-state index contributed by atoms with van der Waals surface area (Å²) >= 11 is 1.57. The van der Waals surface area contributed by atoms with Gasteiger partial charge in [-0.3, -0.25) is 0 Å². The van der Waals surface area contributed by atoms with Crippen LogP contribution in [0.25, 0.3) is 0 Å². The first-order valence-corrected chi connectivity index (χ1v) is 8.23. The second-order valence-corrected chi connectivity index (χ2v) is 7.73. The number of piperidine rings is 1. The molecule has 1 aromatic rings. The van der Waals surface area contributed by atoms with Crippen molar-refractivity contribution in [3.05, 3.63) is 10.0 Å². The van der Waals surface area contributed by atoms with Gasteiger partial charge in [-0.25, -0.2) is 12.7 Å². The van der Waals surface area contributed by atoms with Crippen molar-refractivity contribution in [2.24, 2.45) is 0 Å². The minimum Gasteiger partial charge on any atom is -0.212 e. The monoisotopic (exact) mass is 275 g/mol. The molecule has 0 aromatic carbocycles. The number of hydrogen-bond acceptors (Lipinski definition) is 5. The van der Waals surface area contributed by atoms with Crippen LogP contribution in [0.15, 0.2) is 0 Å². The molecule has 0 bridgehead atoms. The Morgan fingerprint density at radius 1 is 1.47 bits per heavy atom. The van der Waals surface area contributed by atoms with Crippen LogP contribution < -0.4 is 0 Å². The topological polar surface area (TPSA) is 63.2 Å². The summed E-state index contributed by atoms with van der Waals surface area (Å²) in [6, 6.07) is 0. The van der Waals surface area contributed by atoms with Gasteiger partial charge in [0.1, 0.15) is 10.0 Å². The summed E-state index contributed by atoms with van der Waals surface area (Å²) in [4.78, 5) is 0. The number of aryl methyl sites for hydroxylation is 1. The van der Waals surface area contributed by atoms with E-state index in [9.17, 15) is 8.42 Å². The van der Waals surface area contributed by atoms with Crippen LogP contribution in [0.5, 0.6) is 0 Å². The SMILES string of the molecule is CCS(=O)(=O)N1CCCC(c2nnc(C)s2)C1. The van der Waals surface area contributed by atoms with Gasteiger partial charge >= 0.3 is 0 Å². The van der Waals surface area contributed by atoms with E-state index in [-0.39, 0.29) is 11.7 Å². The molecular weight excluding hydrogens is 258 g/mol. The highest BCUT2D eigenvalue weighted by Gasteiger charge is 2.29. The molecule has 2 rings (SSSR count). The fourth-order valence-corrected chi connectivity index (χ4v) is 4.06. The molecular formula is C10H17N3O2S2. The first kappa shape index (κ1) is 12.9. The van der Waals surface area contributed by atoms with Crippen LogP contribution in [0.3, 0.4) is 0 Å². The summed E-state index contributed by atoms with van der Waals surface area (Å²) < 4.78 is 25.3. The lowest BCUT2D eigenvalue weighted by Crippen LogP contribution is -2.39. The van der Waals surface area contributed by atoms with Crippen molar-refractivity contribution in [2.45, 2.75) is 32.6 Å². The highest BCUT2D eigenvalue weighted by atomic mass is 32.2. The molecule has 1 aliphatic rings. The Labute approximate surface area is 106 Å². The number of sulfonamides is 1. The van der Waals surface area contributed by atoms with Crippen molar-refractivity contribution in [2.75, 3.05) is 18.8 Å². The lowest BCUT2D eigenvalue weighted by Gasteiger charge is -2.30. The maximum absolute atomic E-state index is 11.8. The summed E-state index contributed by atoms with van der Waals surface area (Å²) in [5, 5.41) is 10.0. The summed E-state index contributed by atoms with van der Waals surface area (Å²) in [6.07, 6.45) is 1.91. The molecule has 1 saturated heterocycles. The van der Waals surface area contributed by atoms with Crippen molar-refractivity contribution >= 4 is 21.4 Å². The van der Waals surface area contributed by atoms with Gasteiger partial charge in [0, 0.05) is 19.0 Å². The Hall–Kier alpha value is -0.530. The van der Waals surface area contributed by atoms with Gasteiger partial charge in [0.05, 0.1) is 5.75 Å². The molecule has 1 atom stereocenters. The Kier molecular flexibility index (Phi) is 3.79. The maximum atomic E-state index is 11.8. The van der Waals surface area contributed by atoms with E-state index >= 15 is 0 Å². The largest absolute Gasteiger partial charge is 0.213 e. The predicted octanol–water partition coefficient (Wildman–Crippen LogP) is 1.38. The normalized spacial score (nSPS) is 22.8. The van der Waals surface area contributed by atoms with Gasteiger partial charge in [-0.2, -0.15) is 0 Å². The number of rotatable bonds is 3. The van der Waals surface area contributed by atoms with Gasteiger partial charge in [0.25, 0.3) is 0 Å². The van der Waals surface area contributed by atoms with E-state index in [4.69, 9.17) is 0 Å². The summed E-state index contributed by atoms with van der Waals surface area (Å²) in [5.74, 6) is 0.394. The van der Waals surface area contributed by atoms with Crippen LogP contribution in [0.4, 0.5) is 0 Å². The van der Waals surface area contributed by atoms with Crippen molar-refractivity contribution in [3.63, 3.8) is 0 Å². The molecule has 0 aliphatic carbocycles. The molecule has 0 amide bonds. The molecule has 17 heavy (non-hydrogen) atoms. The first-order chi connectivity index (χ1) is 8.03. The molecule has 1 unspecified atom stereocenters. The number of hydrogen-bond donors (Lipinski definition) is 0. The lowest BCUT2D eigenvalue weighted by atomic mass is 10.0.